The van der Waals surface area contributed by atoms with Gasteiger partial charge in [0.05, 0.1) is 6.10 Å². The van der Waals surface area contributed by atoms with Gasteiger partial charge in [-0.2, -0.15) is 0 Å². The minimum Gasteiger partial charge on any atom is -0.376 e. The maximum atomic E-state index is 11.4. The molecule has 98 valence electrons. The Kier molecular flexibility index (Phi) is 6.62. The Balaban J connectivity index is 2.07. The highest BCUT2D eigenvalue weighted by atomic mass is 16.5. The number of nitrogens with one attached hydrogen (secondary N) is 2. The van der Waals surface area contributed by atoms with Crippen LogP contribution in [0.3, 0.4) is 0 Å². The second kappa shape index (κ2) is 8.06. The topological polar surface area (TPSA) is 67.4 Å². The number of carbonyl (C=O) groups excluding carboxylic acids is 2. The fourth-order valence-electron chi connectivity index (χ4n) is 1.75. The summed E-state index contributed by atoms with van der Waals surface area (Å²) in [4.78, 5) is 22.7. The van der Waals surface area contributed by atoms with Crippen molar-refractivity contribution in [3.63, 3.8) is 0 Å². The van der Waals surface area contributed by atoms with Crippen LogP contribution in [0.15, 0.2) is 0 Å². The molecule has 0 aromatic carbocycles. The average molecular weight is 242 g/mol. The molecule has 17 heavy (non-hydrogen) atoms. The van der Waals surface area contributed by atoms with E-state index in [9.17, 15) is 9.59 Å². The zero-order valence-electron chi connectivity index (χ0n) is 10.5. The van der Waals surface area contributed by atoms with E-state index < -0.39 is 11.8 Å². The first-order valence-electron chi connectivity index (χ1n) is 6.41. The van der Waals surface area contributed by atoms with Crippen molar-refractivity contribution >= 4 is 11.8 Å². The van der Waals surface area contributed by atoms with Gasteiger partial charge in [-0.05, 0) is 19.3 Å². The molecule has 0 aromatic rings. The van der Waals surface area contributed by atoms with Gasteiger partial charge in [-0.1, -0.05) is 19.8 Å². The smallest absolute Gasteiger partial charge is 0.309 e. The molecule has 5 heteroatoms. The molecule has 1 aliphatic rings. The number of ether oxygens (including phenoxy) is 1. The number of amides is 2. The Morgan fingerprint density at radius 3 is 2.65 bits per heavy atom. The summed E-state index contributed by atoms with van der Waals surface area (Å²) in [6.07, 6.45) is 5.15. The molecule has 0 aromatic heterocycles. The van der Waals surface area contributed by atoms with Crippen molar-refractivity contribution < 1.29 is 14.3 Å². The number of rotatable bonds is 6. The standard InChI is InChI=1S/C12H22N2O3/c1-2-3-4-7-13-11(15)12(16)14-9-10-6-5-8-17-10/h10H,2-9H2,1H3,(H,13,15)(H,14,16)/t10-/m0/s1. The summed E-state index contributed by atoms with van der Waals surface area (Å²) >= 11 is 0. The highest BCUT2D eigenvalue weighted by molar-refractivity contribution is 6.35. The molecule has 0 aliphatic carbocycles. The highest BCUT2D eigenvalue weighted by Gasteiger charge is 2.18. The molecule has 1 saturated heterocycles. The first kappa shape index (κ1) is 14.0. The van der Waals surface area contributed by atoms with Gasteiger partial charge >= 0.3 is 11.8 Å². The second-order valence-electron chi connectivity index (χ2n) is 4.31. The van der Waals surface area contributed by atoms with Gasteiger partial charge in [0.1, 0.15) is 0 Å². The number of hydrogen-bond donors (Lipinski definition) is 2. The Morgan fingerprint density at radius 1 is 1.24 bits per heavy atom. The maximum Gasteiger partial charge on any atom is 0.309 e. The third-order valence-electron chi connectivity index (χ3n) is 2.79. The summed E-state index contributed by atoms with van der Waals surface area (Å²) in [5, 5.41) is 5.19. The van der Waals surface area contributed by atoms with Crippen LogP contribution in [0.2, 0.25) is 0 Å². The molecular formula is C12H22N2O3. The van der Waals surface area contributed by atoms with E-state index in [0.29, 0.717) is 13.1 Å². The van der Waals surface area contributed by atoms with Gasteiger partial charge in [0.2, 0.25) is 0 Å². The van der Waals surface area contributed by atoms with Gasteiger partial charge in [-0.3, -0.25) is 9.59 Å². The van der Waals surface area contributed by atoms with Crippen molar-refractivity contribution in [2.24, 2.45) is 0 Å². The zero-order valence-corrected chi connectivity index (χ0v) is 10.5. The monoisotopic (exact) mass is 242 g/mol. The Labute approximate surface area is 102 Å². The van der Waals surface area contributed by atoms with Gasteiger partial charge < -0.3 is 15.4 Å². The summed E-state index contributed by atoms with van der Waals surface area (Å²) in [6, 6.07) is 0. The first-order valence-corrected chi connectivity index (χ1v) is 6.41. The van der Waals surface area contributed by atoms with E-state index in [-0.39, 0.29) is 6.10 Å². The van der Waals surface area contributed by atoms with Gasteiger partial charge in [0.25, 0.3) is 0 Å². The lowest BCUT2D eigenvalue weighted by molar-refractivity contribution is -0.139. The molecule has 0 unspecified atom stereocenters. The van der Waals surface area contributed by atoms with E-state index in [1.165, 1.54) is 0 Å². The van der Waals surface area contributed by atoms with Gasteiger partial charge in [0, 0.05) is 19.7 Å². The fourth-order valence-corrected chi connectivity index (χ4v) is 1.75. The molecule has 0 spiro atoms. The molecule has 1 rings (SSSR count). The third-order valence-corrected chi connectivity index (χ3v) is 2.79. The maximum absolute atomic E-state index is 11.4. The summed E-state index contributed by atoms with van der Waals surface area (Å²) in [5.41, 5.74) is 0. The van der Waals surface area contributed by atoms with Gasteiger partial charge in [0.15, 0.2) is 0 Å². The number of unbranched alkanes of at least 4 members (excludes halogenated alkanes) is 2. The van der Waals surface area contributed by atoms with E-state index in [0.717, 1.165) is 38.7 Å². The van der Waals surface area contributed by atoms with Crippen molar-refractivity contribution in [2.45, 2.75) is 45.1 Å². The molecule has 1 aliphatic heterocycles. The normalized spacial score (nSPS) is 19.0. The molecule has 0 bridgehead atoms. The average Bonchev–Trinajstić information content (AvgIpc) is 2.84. The largest absolute Gasteiger partial charge is 0.376 e. The van der Waals surface area contributed by atoms with E-state index in [4.69, 9.17) is 4.74 Å². The van der Waals surface area contributed by atoms with Crippen LogP contribution >= 0.6 is 0 Å². The fraction of sp³-hybridized carbons (Fsp3) is 0.833. The summed E-state index contributed by atoms with van der Waals surface area (Å²) < 4.78 is 5.35. The predicted octanol–water partition coefficient (Wildman–Crippen LogP) is 0.588. The lowest BCUT2D eigenvalue weighted by Crippen LogP contribution is -2.42. The van der Waals surface area contributed by atoms with E-state index in [1.807, 2.05) is 0 Å². The molecule has 0 radical (unpaired) electrons. The van der Waals surface area contributed by atoms with Crippen molar-refractivity contribution in [3.05, 3.63) is 0 Å². The van der Waals surface area contributed by atoms with Crippen LogP contribution in [0.4, 0.5) is 0 Å². The van der Waals surface area contributed by atoms with E-state index in [2.05, 4.69) is 17.6 Å². The second-order valence-corrected chi connectivity index (χ2v) is 4.31. The first-order chi connectivity index (χ1) is 8.24. The van der Waals surface area contributed by atoms with Crippen LogP contribution < -0.4 is 10.6 Å². The summed E-state index contributed by atoms with van der Waals surface area (Å²) in [6.45, 7) is 3.85. The van der Waals surface area contributed by atoms with Crippen molar-refractivity contribution in [1.29, 1.82) is 0 Å². The Bertz CT molecular complexity index is 250. The predicted molar refractivity (Wildman–Crippen MR) is 64.5 cm³/mol. The summed E-state index contributed by atoms with van der Waals surface area (Å²) in [7, 11) is 0. The molecule has 0 saturated carbocycles. The van der Waals surface area contributed by atoms with E-state index >= 15 is 0 Å². The number of carbonyl (C=O) groups is 2. The van der Waals surface area contributed by atoms with Crippen molar-refractivity contribution in [2.75, 3.05) is 19.7 Å². The Morgan fingerprint density at radius 2 is 2.00 bits per heavy atom. The van der Waals surface area contributed by atoms with Crippen LogP contribution in [0.25, 0.3) is 0 Å². The van der Waals surface area contributed by atoms with Gasteiger partial charge in [-0.25, -0.2) is 0 Å². The quantitative estimate of drug-likeness (QED) is 0.529. The van der Waals surface area contributed by atoms with Crippen LogP contribution in [0.5, 0.6) is 0 Å². The molecule has 5 nitrogen and oxygen atoms in total. The minimum atomic E-state index is -0.558. The molecule has 1 heterocycles. The minimum absolute atomic E-state index is 0.0758. The third kappa shape index (κ3) is 5.68. The zero-order chi connectivity index (χ0) is 12.5. The van der Waals surface area contributed by atoms with Crippen LogP contribution in [0, 0.1) is 0 Å². The Hall–Kier alpha value is -1.10. The van der Waals surface area contributed by atoms with Crippen LogP contribution in [-0.2, 0) is 14.3 Å². The van der Waals surface area contributed by atoms with Crippen LogP contribution in [-0.4, -0.2) is 37.6 Å². The van der Waals surface area contributed by atoms with Crippen molar-refractivity contribution in [3.8, 4) is 0 Å². The molecular weight excluding hydrogens is 220 g/mol. The lowest BCUT2D eigenvalue weighted by Gasteiger charge is -2.10. The molecule has 2 N–H and O–H groups in total. The van der Waals surface area contributed by atoms with E-state index in [1.54, 1.807) is 0 Å². The molecule has 1 atom stereocenters. The molecule has 1 fully saturated rings. The van der Waals surface area contributed by atoms with Gasteiger partial charge in [-0.15, -0.1) is 0 Å². The number of hydrogen-bond acceptors (Lipinski definition) is 3. The summed E-state index contributed by atoms with van der Waals surface area (Å²) in [5.74, 6) is -1.10. The highest BCUT2D eigenvalue weighted by Crippen LogP contribution is 2.10. The SMILES string of the molecule is CCCCCNC(=O)C(=O)NC[C@@H]1CCCO1. The van der Waals surface area contributed by atoms with Crippen molar-refractivity contribution in [1.82, 2.24) is 10.6 Å². The lowest BCUT2D eigenvalue weighted by atomic mass is 10.2. The molecule has 2 amide bonds. The van der Waals surface area contributed by atoms with Crippen LogP contribution in [0.1, 0.15) is 39.0 Å².